The maximum Gasteiger partial charge on any atom is 0.323 e. The molecular weight excluding hydrogens is 194 g/mol. The molecule has 0 aliphatic carbocycles. The van der Waals surface area contributed by atoms with Gasteiger partial charge in [-0.05, 0) is 18.8 Å². The van der Waals surface area contributed by atoms with Crippen molar-refractivity contribution < 1.29 is 14.3 Å². The van der Waals surface area contributed by atoms with E-state index in [1.54, 1.807) is 0 Å². The van der Waals surface area contributed by atoms with E-state index in [1.807, 2.05) is 13.8 Å². The van der Waals surface area contributed by atoms with Gasteiger partial charge in [-0.3, -0.25) is 10.1 Å². The zero-order valence-electron chi connectivity index (χ0n) is 9.79. The smallest absolute Gasteiger partial charge is 0.323 e. The van der Waals surface area contributed by atoms with Crippen molar-refractivity contribution in [2.75, 3.05) is 20.3 Å². The normalized spacial score (nSPS) is 23.9. The lowest BCUT2D eigenvalue weighted by atomic mass is 10.0. The van der Waals surface area contributed by atoms with Gasteiger partial charge < -0.3 is 9.47 Å². The molecule has 0 aromatic heterocycles. The molecule has 15 heavy (non-hydrogen) atoms. The molecule has 4 nitrogen and oxygen atoms in total. The first kappa shape index (κ1) is 12.5. The van der Waals surface area contributed by atoms with Gasteiger partial charge >= 0.3 is 5.97 Å². The minimum Gasteiger partial charge on any atom is -0.468 e. The molecule has 0 saturated carbocycles. The van der Waals surface area contributed by atoms with Crippen molar-refractivity contribution in [1.82, 2.24) is 5.32 Å². The van der Waals surface area contributed by atoms with Gasteiger partial charge in [0, 0.05) is 12.6 Å². The van der Waals surface area contributed by atoms with Gasteiger partial charge in [-0.2, -0.15) is 0 Å². The van der Waals surface area contributed by atoms with Crippen LogP contribution in [0.2, 0.25) is 0 Å². The van der Waals surface area contributed by atoms with Crippen molar-refractivity contribution in [1.29, 1.82) is 0 Å². The Kier molecular flexibility index (Phi) is 5.05. The summed E-state index contributed by atoms with van der Waals surface area (Å²) in [5.74, 6) is 0.0509. The summed E-state index contributed by atoms with van der Waals surface area (Å²) >= 11 is 0. The van der Waals surface area contributed by atoms with E-state index in [0.717, 1.165) is 19.4 Å². The molecule has 1 aliphatic heterocycles. The summed E-state index contributed by atoms with van der Waals surface area (Å²) in [4.78, 5) is 11.5. The number of ether oxygens (including phenoxy) is 2. The average Bonchev–Trinajstić information content (AvgIpc) is 2.26. The first-order valence-electron chi connectivity index (χ1n) is 5.56. The van der Waals surface area contributed by atoms with Crippen LogP contribution >= 0.6 is 0 Å². The molecule has 2 unspecified atom stereocenters. The number of carbonyl (C=O) groups excluding carboxylic acids is 1. The Hall–Kier alpha value is -0.610. The molecule has 0 spiro atoms. The van der Waals surface area contributed by atoms with Crippen LogP contribution in [0.25, 0.3) is 0 Å². The van der Waals surface area contributed by atoms with E-state index in [2.05, 4.69) is 5.32 Å². The number of carbonyl (C=O) groups is 1. The lowest BCUT2D eigenvalue weighted by Crippen LogP contribution is -2.49. The summed E-state index contributed by atoms with van der Waals surface area (Å²) in [6.45, 7) is 5.56. The van der Waals surface area contributed by atoms with Crippen molar-refractivity contribution in [3.05, 3.63) is 0 Å². The largest absolute Gasteiger partial charge is 0.468 e. The van der Waals surface area contributed by atoms with Gasteiger partial charge in [0.05, 0.1) is 13.7 Å². The number of methoxy groups -OCH3 is 1. The van der Waals surface area contributed by atoms with E-state index in [9.17, 15) is 4.79 Å². The molecule has 1 heterocycles. The first-order valence-corrected chi connectivity index (χ1v) is 5.56. The fraction of sp³-hybridized carbons (Fsp3) is 0.909. The van der Waals surface area contributed by atoms with Gasteiger partial charge in [-0.1, -0.05) is 13.8 Å². The fourth-order valence-corrected chi connectivity index (χ4v) is 1.79. The third kappa shape index (κ3) is 3.80. The van der Waals surface area contributed by atoms with Crippen LogP contribution in [0.1, 0.15) is 26.7 Å². The molecule has 0 aromatic rings. The van der Waals surface area contributed by atoms with Crippen molar-refractivity contribution in [2.24, 2.45) is 5.92 Å². The van der Waals surface area contributed by atoms with E-state index in [0.29, 0.717) is 6.61 Å². The molecule has 0 aromatic carbocycles. The Morgan fingerprint density at radius 2 is 2.27 bits per heavy atom. The Morgan fingerprint density at radius 3 is 2.73 bits per heavy atom. The number of hydrogen-bond acceptors (Lipinski definition) is 4. The van der Waals surface area contributed by atoms with Crippen LogP contribution in [-0.4, -0.2) is 38.4 Å². The number of rotatable bonds is 4. The van der Waals surface area contributed by atoms with Crippen molar-refractivity contribution in [2.45, 2.75) is 38.8 Å². The highest BCUT2D eigenvalue weighted by atomic mass is 16.5. The predicted octanol–water partition coefficient (Wildman–Crippen LogP) is 0.953. The highest BCUT2D eigenvalue weighted by molar-refractivity contribution is 5.75. The van der Waals surface area contributed by atoms with Gasteiger partial charge in [-0.25, -0.2) is 0 Å². The first-order chi connectivity index (χ1) is 7.15. The van der Waals surface area contributed by atoms with Crippen LogP contribution in [-0.2, 0) is 14.3 Å². The molecule has 0 bridgehead atoms. The number of esters is 1. The molecule has 1 aliphatic rings. The summed E-state index contributed by atoms with van der Waals surface area (Å²) in [6.07, 6.45) is 2.13. The maximum atomic E-state index is 11.5. The lowest BCUT2D eigenvalue weighted by Gasteiger charge is -2.29. The third-order valence-electron chi connectivity index (χ3n) is 2.70. The standard InChI is InChI=1S/C11H21NO3/c1-8(2)10(11(13)14-3)12-9-5-4-6-15-7-9/h8-10,12H,4-7H2,1-3H3. The molecule has 2 atom stereocenters. The van der Waals surface area contributed by atoms with Gasteiger partial charge in [0.1, 0.15) is 6.04 Å². The van der Waals surface area contributed by atoms with Crippen LogP contribution in [0.5, 0.6) is 0 Å². The zero-order valence-corrected chi connectivity index (χ0v) is 9.79. The summed E-state index contributed by atoms with van der Waals surface area (Å²) in [5, 5.41) is 3.31. The van der Waals surface area contributed by atoms with E-state index < -0.39 is 0 Å². The molecular formula is C11H21NO3. The molecule has 1 N–H and O–H groups in total. The summed E-state index contributed by atoms with van der Waals surface area (Å²) in [7, 11) is 1.43. The molecule has 4 heteroatoms. The minimum absolute atomic E-state index is 0.185. The molecule has 1 saturated heterocycles. The van der Waals surface area contributed by atoms with Crippen molar-refractivity contribution in [3.63, 3.8) is 0 Å². The molecule has 1 fully saturated rings. The molecule has 0 radical (unpaired) electrons. The van der Waals surface area contributed by atoms with Gasteiger partial charge in [-0.15, -0.1) is 0 Å². The SMILES string of the molecule is COC(=O)C(NC1CCCOC1)C(C)C. The third-order valence-corrected chi connectivity index (χ3v) is 2.70. The molecule has 1 rings (SSSR count). The molecule has 0 amide bonds. The zero-order chi connectivity index (χ0) is 11.3. The summed E-state index contributed by atoms with van der Waals surface area (Å²) < 4.78 is 10.1. The van der Waals surface area contributed by atoms with Gasteiger partial charge in [0.25, 0.3) is 0 Å². The maximum absolute atomic E-state index is 11.5. The topological polar surface area (TPSA) is 47.6 Å². The van der Waals surface area contributed by atoms with Gasteiger partial charge in [0.15, 0.2) is 0 Å². The van der Waals surface area contributed by atoms with Crippen LogP contribution in [0.3, 0.4) is 0 Å². The summed E-state index contributed by atoms with van der Waals surface area (Å²) in [5.41, 5.74) is 0. The summed E-state index contributed by atoms with van der Waals surface area (Å²) in [6, 6.07) is 0.0620. The van der Waals surface area contributed by atoms with Crippen LogP contribution in [0.4, 0.5) is 0 Å². The highest BCUT2D eigenvalue weighted by Crippen LogP contribution is 2.10. The van der Waals surface area contributed by atoms with Crippen LogP contribution in [0.15, 0.2) is 0 Å². The number of hydrogen-bond donors (Lipinski definition) is 1. The quantitative estimate of drug-likeness (QED) is 0.709. The van der Waals surface area contributed by atoms with Crippen LogP contribution < -0.4 is 5.32 Å². The lowest BCUT2D eigenvalue weighted by molar-refractivity contribution is -0.144. The Balaban J connectivity index is 2.46. The Labute approximate surface area is 91.3 Å². The Bertz CT molecular complexity index is 200. The average molecular weight is 215 g/mol. The Morgan fingerprint density at radius 1 is 1.53 bits per heavy atom. The highest BCUT2D eigenvalue weighted by Gasteiger charge is 2.26. The fourth-order valence-electron chi connectivity index (χ4n) is 1.79. The van der Waals surface area contributed by atoms with E-state index in [4.69, 9.17) is 9.47 Å². The second-order valence-electron chi connectivity index (χ2n) is 4.33. The second-order valence-corrected chi connectivity index (χ2v) is 4.33. The van der Waals surface area contributed by atoms with E-state index in [-0.39, 0.29) is 24.0 Å². The van der Waals surface area contributed by atoms with E-state index >= 15 is 0 Å². The predicted molar refractivity (Wildman–Crippen MR) is 57.6 cm³/mol. The van der Waals surface area contributed by atoms with E-state index in [1.165, 1.54) is 7.11 Å². The monoisotopic (exact) mass is 215 g/mol. The second kappa shape index (κ2) is 6.08. The van der Waals surface area contributed by atoms with Gasteiger partial charge in [0.2, 0.25) is 0 Å². The molecule has 88 valence electrons. The van der Waals surface area contributed by atoms with Crippen molar-refractivity contribution >= 4 is 5.97 Å². The number of nitrogens with one attached hydrogen (secondary N) is 1. The minimum atomic E-state index is -0.221. The van der Waals surface area contributed by atoms with Crippen LogP contribution in [0, 0.1) is 5.92 Å². The van der Waals surface area contributed by atoms with Crippen molar-refractivity contribution in [3.8, 4) is 0 Å².